The van der Waals surface area contributed by atoms with Gasteiger partial charge in [0.15, 0.2) is 0 Å². The molecule has 3 nitrogen and oxygen atoms in total. The maximum Gasteiger partial charge on any atom is 0.131 e. The Balaban J connectivity index is 2.31. The number of hydrogen-bond donors (Lipinski definition) is 1. The molecule has 0 radical (unpaired) electrons. The number of nitrogens with one attached hydrogen (secondary N) is 1. The maximum absolute atomic E-state index is 14.1. The second kappa shape index (κ2) is 6.81. The molecule has 0 fully saturated rings. The Bertz CT molecular complexity index is 575. The molecule has 0 aliphatic carbocycles. The van der Waals surface area contributed by atoms with Crippen molar-refractivity contribution in [1.82, 2.24) is 10.3 Å². The van der Waals surface area contributed by atoms with E-state index < -0.39 is 0 Å². The Kier molecular flexibility index (Phi) is 5.09. The Hall–Kier alpha value is -1.46. The highest BCUT2D eigenvalue weighted by Gasteiger charge is 2.19. The standard InChI is InChI=1S/C15H16BrFN2O/c1-18-13(8-11-7-6-10(16)9-19-11)15-12(17)4-3-5-14(15)20-2/h3-7,9,13,18H,8H2,1-2H3. The smallest absolute Gasteiger partial charge is 0.131 e. The molecule has 106 valence electrons. The van der Waals surface area contributed by atoms with Crippen LogP contribution in [0.15, 0.2) is 41.0 Å². The third-order valence-corrected chi connectivity index (χ3v) is 3.60. The van der Waals surface area contributed by atoms with E-state index >= 15 is 0 Å². The van der Waals surface area contributed by atoms with Crippen molar-refractivity contribution in [3.63, 3.8) is 0 Å². The van der Waals surface area contributed by atoms with E-state index in [1.54, 1.807) is 32.5 Å². The predicted octanol–water partition coefficient (Wildman–Crippen LogP) is 3.50. The summed E-state index contributed by atoms with van der Waals surface area (Å²) < 4.78 is 20.3. The molecule has 1 atom stereocenters. The first-order chi connectivity index (χ1) is 9.65. The van der Waals surface area contributed by atoms with Crippen LogP contribution < -0.4 is 10.1 Å². The first-order valence-corrected chi connectivity index (χ1v) is 7.05. The number of hydrogen-bond acceptors (Lipinski definition) is 3. The zero-order chi connectivity index (χ0) is 14.5. The van der Waals surface area contributed by atoms with E-state index in [-0.39, 0.29) is 11.9 Å². The van der Waals surface area contributed by atoms with Gasteiger partial charge in [-0.15, -0.1) is 0 Å². The maximum atomic E-state index is 14.1. The molecule has 2 aromatic rings. The van der Waals surface area contributed by atoms with Gasteiger partial charge in [0.05, 0.1) is 7.11 Å². The van der Waals surface area contributed by atoms with Gasteiger partial charge in [-0.2, -0.15) is 0 Å². The molecule has 1 aromatic carbocycles. The predicted molar refractivity (Wildman–Crippen MR) is 80.4 cm³/mol. The summed E-state index contributed by atoms with van der Waals surface area (Å²) >= 11 is 3.35. The number of nitrogens with zero attached hydrogens (tertiary/aromatic N) is 1. The van der Waals surface area contributed by atoms with Gasteiger partial charge in [-0.1, -0.05) is 6.07 Å². The summed E-state index contributed by atoms with van der Waals surface area (Å²) in [5.41, 5.74) is 1.42. The molecule has 0 saturated carbocycles. The number of halogens is 2. The number of aromatic nitrogens is 1. The van der Waals surface area contributed by atoms with Gasteiger partial charge in [0, 0.05) is 34.4 Å². The van der Waals surface area contributed by atoms with Crippen molar-refractivity contribution in [1.29, 1.82) is 0 Å². The van der Waals surface area contributed by atoms with Crippen LogP contribution in [0.3, 0.4) is 0 Å². The minimum atomic E-state index is -0.277. The Morgan fingerprint density at radius 2 is 2.15 bits per heavy atom. The van der Waals surface area contributed by atoms with Gasteiger partial charge >= 0.3 is 0 Å². The zero-order valence-electron chi connectivity index (χ0n) is 11.4. The molecule has 1 aromatic heterocycles. The van der Waals surface area contributed by atoms with Gasteiger partial charge in [0.2, 0.25) is 0 Å². The average Bonchev–Trinajstić information content (AvgIpc) is 2.47. The fraction of sp³-hybridized carbons (Fsp3) is 0.267. The van der Waals surface area contributed by atoms with Crippen LogP contribution in [0.5, 0.6) is 5.75 Å². The molecule has 2 rings (SSSR count). The van der Waals surface area contributed by atoms with Gasteiger partial charge in [-0.3, -0.25) is 4.98 Å². The topological polar surface area (TPSA) is 34.2 Å². The Morgan fingerprint density at radius 3 is 2.75 bits per heavy atom. The third kappa shape index (κ3) is 3.35. The molecule has 0 amide bonds. The van der Waals surface area contributed by atoms with Gasteiger partial charge in [-0.05, 0) is 47.2 Å². The van der Waals surface area contributed by atoms with Crippen molar-refractivity contribution in [3.05, 3.63) is 58.1 Å². The number of pyridine rings is 1. The highest BCUT2D eigenvalue weighted by molar-refractivity contribution is 9.10. The van der Waals surface area contributed by atoms with E-state index in [1.165, 1.54) is 6.07 Å². The first kappa shape index (κ1) is 14.9. The summed E-state index contributed by atoms with van der Waals surface area (Å²) in [6.07, 6.45) is 2.32. The number of methoxy groups -OCH3 is 1. The van der Waals surface area contributed by atoms with E-state index in [0.29, 0.717) is 17.7 Å². The number of likely N-dealkylation sites (N-methyl/N-ethyl adjacent to an activating group) is 1. The van der Waals surface area contributed by atoms with E-state index in [1.807, 2.05) is 12.1 Å². The summed E-state index contributed by atoms with van der Waals surface area (Å²) in [5, 5.41) is 3.13. The molecule has 5 heteroatoms. The van der Waals surface area contributed by atoms with Crippen molar-refractivity contribution in [3.8, 4) is 5.75 Å². The number of benzene rings is 1. The van der Waals surface area contributed by atoms with E-state index in [0.717, 1.165) is 10.2 Å². The quantitative estimate of drug-likeness (QED) is 0.905. The largest absolute Gasteiger partial charge is 0.496 e. The van der Waals surface area contributed by atoms with Crippen molar-refractivity contribution >= 4 is 15.9 Å². The molecule has 1 N–H and O–H groups in total. The summed E-state index contributed by atoms with van der Waals surface area (Å²) in [7, 11) is 3.35. The minimum absolute atomic E-state index is 0.195. The summed E-state index contributed by atoms with van der Waals surface area (Å²) in [5.74, 6) is 0.266. The summed E-state index contributed by atoms with van der Waals surface area (Å²) in [4.78, 5) is 4.33. The van der Waals surface area contributed by atoms with E-state index in [9.17, 15) is 4.39 Å². The number of ether oxygens (including phenoxy) is 1. The lowest BCUT2D eigenvalue weighted by atomic mass is 10.00. The van der Waals surface area contributed by atoms with Crippen molar-refractivity contribution < 1.29 is 9.13 Å². The normalized spacial score (nSPS) is 12.2. The van der Waals surface area contributed by atoms with Crippen LogP contribution in [0.2, 0.25) is 0 Å². The van der Waals surface area contributed by atoms with Crippen molar-refractivity contribution in [2.75, 3.05) is 14.2 Å². The van der Waals surface area contributed by atoms with Crippen LogP contribution in [0, 0.1) is 5.82 Å². The summed E-state index contributed by atoms with van der Waals surface area (Å²) in [6, 6.07) is 8.49. The summed E-state index contributed by atoms with van der Waals surface area (Å²) in [6.45, 7) is 0. The fourth-order valence-corrected chi connectivity index (χ4v) is 2.35. The molecule has 1 unspecified atom stereocenters. The lowest BCUT2D eigenvalue weighted by molar-refractivity contribution is 0.392. The van der Waals surface area contributed by atoms with Gasteiger partial charge in [0.25, 0.3) is 0 Å². The zero-order valence-corrected chi connectivity index (χ0v) is 12.9. The fourth-order valence-electron chi connectivity index (χ4n) is 2.12. The Morgan fingerprint density at radius 1 is 1.35 bits per heavy atom. The lowest BCUT2D eigenvalue weighted by Gasteiger charge is -2.19. The first-order valence-electron chi connectivity index (χ1n) is 6.25. The van der Waals surface area contributed by atoms with Crippen LogP contribution in [0.25, 0.3) is 0 Å². The minimum Gasteiger partial charge on any atom is -0.496 e. The third-order valence-electron chi connectivity index (χ3n) is 3.13. The molecule has 0 aliphatic rings. The molecular weight excluding hydrogens is 323 g/mol. The lowest BCUT2D eigenvalue weighted by Crippen LogP contribution is -2.21. The molecular formula is C15H16BrFN2O. The van der Waals surface area contributed by atoms with Crippen LogP contribution in [0.4, 0.5) is 4.39 Å². The van der Waals surface area contributed by atoms with Crippen molar-refractivity contribution in [2.45, 2.75) is 12.5 Å². The van der Waals surface area contributed by atoms with Crippen LogP contribution in [-0.4, -0.2) is 19.1 Å². The van der Waals surface area contributed by atoms with Crippen molar-refractivity contribution in [2.24, 2.45) is 0 Å². The number of rotatable bonds is 5. The monoisotopic (exact) mass is 338 g/mol. The van der Waals surface area contributed by atoms with Crippen LogP contribution in [-0.2, 0) is 6.42 Å². The second-order valence-electron chi connectivity index (χ2n) is 4.37. The van der Waals surface area contributed by atoms with Gasteiger partial charge in [-0.25, -0.2) is 4.39 Å². The molecule has 20 heavy (non-hydrogen) atoms. The molecule has 0 bridgehead atoms. The van der Waals surface area contributed by atoms with Gasteiger partial charge < -0.3 is 10.1 Å². The highest BCUT2D eigenvalue weighted by Crippen LogP contribution is 2.29. The van der Waals surface area contributed by atoms with Crippen LogP contribution in [0.1, 0.15) is 17.3 Å². The Labute approximate surface area is 126 Å². The molecule has 0 spiro atoms. The molecule has 0 aliphatic heterocycles. The van der Waals surface area contributed by atoms with E-state index in [4.69, 9.17) is 4.74 Å². The SMILES string of the molecule is CNC(Cc1ccc(Br)cn1)c1c(F)cccc1OC. The van der Waals surface area contributed by atoms with E-state index in [2.05, 4.69) is 26.2 Å². The highest BCUT2D eigenvalue weighted by atomic mass is 79.9. The second-order valence-corrected chi connectivity index (χ2v) is 5.28. The average molecular weight is 339 g/mol. The van der Waals surface area contributed by atoms with Gasteiger partial charge in [0.1, 0.15) is 11.6 Å². The molecule has 1 heterocycles. The molecule has 0 saturated heterocycles. The van der Waals surface area contributed by atoms with Crippen LogP contribution >= 0.6 is 15.9 Å².